The molecule has 1 aromatic rings. The van der Waals surface area contributed by atoms with Gasteiger partial charge in [-0.2, -0.15) is 0 Å². The Balaban J connectivity index is 1.82. The first-order valence-electron chi connectivity index (χ1n) is 7.40. The van der Waals surface area contributed by atoms with Crippen molar-refractivity contribution in [3.05, 3.63) is 16.1 Å². The molecule has 19 heavy (non-hydrogen) atoms. The minimum Gasteiger partial charge on any atom is -0.314 e. The second-order valence-corrected chi connectivity index (χ2v) is 8.73. The Morgan fingerprint density at radius 2 is 1.89 bits per heavy atom. The van der Waals surface area contributed by atoms with Crippen LogP contribution in [0.5, 0.6) is 0 Å². The first-order valence-corrected chi connectivity index (χ1v) is 8.28. The van der Waals surface area contributed by atoms with Gasteiger partial charge in [0.2, 0.25) is 0 Å². The van der Waals surface area contributed by atoms with Gasteiger partial charge >= 0.3 is 0 Å². The van der Waals surface area contributed by atoms with E-state index in [0.29, 0.717) is 16.9 Å². The first kappa shape index (κ1) is 15.0. The Bertz CT molecular complexity index is 404. The number of rotatable bonds is 4. The topological polar surface area (TPSA) is 24.9 Å². The highest BCUT2D eigenvalue weighted by Crippen LogP contribution is 2.45. The summed E-state index contributed by atoms with van der Waals surface area (Å²) in [6.45, 7) is 12.8. The van der Waals surface area contributed by atoms with E-state index in [9.17, 15) is 0 Å². The van der Waals surface area contributed by atoms with Gasteiger partial charge in [0.25, 0.3) is 0 Å². The van der Waals surface area contributed by atoms with Crippen molar-refractivity contribution in [1.82, 2.24) is 10.3 Å². The molecule has 1 heterocycles. The standard InChI is InChI=1S/C16H28N2S/c1-12-18-13(10-19-12)6-7-17-14-8-15(2,3)11-16(4,5)9-14/h10,14,17H,6-9,11H2,1-5H3. The van der Waals surface area contributed by atoms with Gasteiger partial charge in [0.1, 0.15) is 0 Å². The third-order valence-corrected chi connectivity index (χ3v) is 4.86. The van der Waals surface area contributed by atoms with E-state index >= 15 is 0 Å². The monoisotopic (exact) mass is 280 g/mol. The summed E-state index contributed by atoms with van der Waals surface area (Å²) >= 11 is 1.75. The Labute approximate surface area is 122 Å². The van der Waals surface area contributed by atoms with Crippen LogP contribution in [-0.2, 0) is 6.42 Å². The molecule has 1 aromatic heterocycles. The quantitative estimate of drug-likeness (QED) is 0.894. The highest BCUT2D eigenvalue weighted by molar-refractivity contribution is 7.09. The number of nitrogens with one attached hydrogen (secondary N) is 1. The van der Waals surface area contributed by atoms with Crippen molar-refractivity contribution in [3.8, 4) is 0 Å². The van der Waals surface area contributed by atoms with Gasteiger partial charge in [-0.25, -0.2) is 4.98 Å². The lowest BCUT2D eigenvalue weighted by Crippen LogP contribution is -2.44. The molecule has 1 fully saturated rings. The molecule has 0 amide bonds. The average Bonchev–Trinajstić information content (AvgIpc) is 2.59. The lowest BCUT2D eigenvalue weighted by atomic mass is 9.63. The zero-order chi connectivity index (χ0) is 14.1. The summed E-state index contributed by atoms with van der Waals surface area (Å²) in [6, 6.07) is 0.665. The summed E-state index contributed by atoms with van der Waals surface area (Å²) < 4.78 is 0. The van der Waals surface area contributed by atoms with Crippen LogP contribution in [0.4, 0.5) is 0 Å². The van der Waals surface area contributed by atoms with Gasteiger partial charge in [-0.1, -0.05) is 27.7 Å². The smallest absolute Gasteiger partial charge is 0.0897 e. The molecule has 0 radical (unpaired) electrons. The van der Waals surface area contributed by atoms with E-state index in [1.165, 1.54) is 30.0 Å². The summed E-state index contributed by atoms with van der Waals surface area (Å²) in [5.41, 5.74) is 2.18. The SMILES string of the molecule is Cc1nc(CCNC2CC(C)(C)CC(C)(C)C2)cs1. The highest BCUT2D eigenvalue weighted by Gasteiger charge is 2.37. The lowest BCUT2D eigenvalue weighted by Gasteiger charge is -2.45. The van der Waals surface area contributed by atoms with Crippen molar-refractivity contribution in [2.24, 2.45) is 10.8 Å². The van der Waals surface area contributed by atoms with Crippen LogP contribution in [0.1, 0.15) is 57.7 Å². The van der Waals surface area contributed by atoms with Crippen LogP contribution < -0.4 is 5.32 Å². The van der Waals surface area contributed by atoms with Crippen molar-refractivity contribution in [1.29, 1.82) is 0 Å². The van der Waals surface area contributed by atoms with Crippen LogP contribution in [0.25, 0.3) is 0 Å². The molecule has 0 bridgehead atoms. The number of thiazole rings is 1. The van der Waals surface area contributed by atoms with Crippen LogP contribution >= 0.6 is 11.3 Å². The van der Waals surface area contributed by atoms with Gasteiger partial charge < -0.3 is 5.32 Å². The molecular weight excluding hydrogens is 252 g/mol. The summed E-state index contributed by atoms with van der Waals surface area (Å²) in [5, 5.41) is 7.12. The largest absolute Gasteiger partial charge is 0.314 e. The summed E-state index contributed by atoms with van der Waals surface area (Å²) in [5.74, 6) is 0. The number of nitrogens with zero attached hydrogens (tertiary/aromatic N) is 1. The van der Waals surface area contributed by atoms with Gasteiger partial charge in [0.05, 0.1) is 10.7 Å². The fraction of sp³-hybridized carbons (Fsp3) is 0.812. The molecule has 2 rings (SSSR count). The van der Waals surface area contributed by atoms with Gasteiger partial charge in [-0.05, 0) is 37.0 Å². The van der Waals surface area contributed by atoms with Crippen molar-refractivity contribution >= 4 is 11.3 Å². The van der Waals surface area contributed by atoms with E-state index in [1.54, 1.807) is 11.3 Å². The van der Waals surface area contributed by atoms with Crippen LogP contribution in [0.3, 0.4) is 0 Å². The van der Waals surface area contributed by atoms with E-state index in [1.807, 2.05) is 0 Å². The zero-order valence-electron chi connectivity index (χ0n) is 13.0. The summed E-state index contributed by atoms with van der Waals surface area (Å²) in [6.07, 6.45) is 4.99. The van der Waals surface area contributed by atoms with Crippen molar-refractivity contribution in [2.75, 3.05) is 6.54 Å². The predicted molar refractivity (Wildman–Crippen MR) is 83.8 cm³/mol. The van der Waals surface area contributed by atoms with Crippen molar-refractivity contribution in [3.63, 3.8) is 0 Å². The Kier molecular flexibility index (Phi) is 4.36. The van der Waals surface area contributed by atoms with Crippen molar-refractivity contribution in [2.45, 2.75) is 66.3 Å². The van der Waals surface area contributed by atoms with Crippen LogP contribution in [0, 0.1) is 17.8 Å². The second kappa shape index (κ2) is 5.53. The van der Waals surface area contributed by atoms with Gasteiger partial charge in [0, 0.05) is 24.4 Å². The normalized spacial score (nSPS) is 22.6. The number of hydrogen-bond donors (Lipinski definition) is 1. The minimum absolute atomic E-state index is 0.469. The van der Waals surface area contributed by atoms with E-state index in [2.05, 4.69) is 50.3 Å². The molecule has 0 atom stereocenters. The molecule has 108 valence electrons. The number of aryl methyl sites for hydroxylation is 1. The summed E-state index contributed by atoms with van der Waals surface area (Å²) in [4.78, 5) is 4.53. The Morgan fingerprint density at radius 3 is 2.42 bits per heavy atom. The molecule has 0 aromatic carbocycles. The molecule has 1 N–H and O–H groups in total. The Hall–Kier alpha value is -0.410. The van der Waals surface area contributed by atoms with E-state index < -0.39 is 0 Å². The van der Waals surface area contributed by atoms with Gasteiger partial charge in [-0.15, -0.1) is 11.3 Å². The molecule has 1 aliphatic rings. The molecule has 1 saturated carbocycles. The lowest BCUT2D eigenvalue weighted by molar-refractivity contribution is 0.0854. The fourth-order valence-corrected chi connectivity index (χ4v) is 4.56. The van der Waals surface area contributed by atoms with Crippen LogP contribution in [-0.4, -0.2) is 17.6 Å². The molecule has 0 aliphatic heterocycles. The van der Waals surface area contributed by atoms with Crippen molar-refractivity contribution < 1.29 is 0 Å². The maximum Gasteiger partial charge on any atom is 0.0897 e. The molecule has 0 spiro atoms. The maximum absolute atomic E-state index is 4.53. The number of hydrogen-bond acceptors (Lipinski definition) is 3. The van der Waals surface area contributed by atoms with Crippen LogP contribution in [0.15, 0.2) is 5.38 Å². The van der Waals surface area contributed by atoms with Gasteiger partial charge in [-0.3, -0.25) is 0 Å². The van der Waals surface area contributed by atoms with E-state index in [-0.39, 0.29) is 0 Å². The Morgan fingerprint density at radius 1 is 1.26 bits per heavy atom. The zero-order valence-corrected chi connectivity index (χ0v) is 13.9. The second-order valence-electron chi connectivity index (χ2n) is 7.67. The third kappa shape index (κ3) is 4.57. The van der Waals surface area contributed by atoms with Gasteiger partial charge in [0.15, 0.2) is 0 Å². The molecule has 0 unspecified atom stereocenters. The maximum atomic E-state index is 4.53. The first-order chi connectivity index (χ1) is 8.76. The van der Waals surface area contributed by atoms with E-state index in [0.717, 1.165) is 13.0 Å². The minimum atomic E-state index is 0.469. The average molecular weight is 280 g/mol. The molecular formula is C16H28N2S. The fourth-order valence-electron chi connectivity index (χ4n) is 3.92. The number of aromatic nitrogens is 1. The highest BCUT2D eigenvalue weighted by atomic mass is 32.1. The molecule has 3 heteroatoms. The third-order valence-electron chi connectivity index (χ3n) is 4.04. The molecule has 2 nitrogen and oxygen atoms in total. The predicted octanol–water partition coefficient (Wildman–Crippen LogP) is 4.19. The van der Waals surface area contributed by atoms with E-state index in [4.69, 9.17) is 0 Å². The summed E-state index contributed by atoms with van der Waals surface area (Å²) in [7, 11) is 0. The molecule has 1 aliphatic carbocycles. The molecule has 0 saturated heterocycles. The van der Waals surface area contributed by atoms with Crippen LogP contribution in [0.2, 0.25) is 0 Å².